The van der Waals surface area contributed by atoms with Gasteiger partial charge in [0.15, 0.2) is 0 Å². The molecule has 0 aliphatic heterocycles. The lowest BCUT2D eigenvalue weighted by Crippen LogP contribution is -1.91. The molecule has 0 atom stereocenters. The van der Waals surface area contributed by atoms with Crippen molar-refractivity contribution in [2.24, 2.45) is 0 Å². The zero-order valence-electron chi connectivity index (χ0n) is 12.9. The number of benzene rings is 3. The Morgan fingerprint density at radius 3 is 2.09 bits per heavy atom. The van der Waals surface area contributed by atoms with Gasteiger partial charge in [-0.15, -0.1) is 0 Å². The molecule has 4 rings (SSSR count). The van der Waals surface area contributed by atoms with Gasteiger partial charge in [-0.25, -0.2) is 0 Å². The first-order chi connectivity index (χ1) is 11.2. The first-order valence-corrected chi connectivity index (χ1v) is 7.68. The second kappa shape index (κ2) is 5.33. The van der Waals surface area contributed by atoms with E-state index in [4.69, 9.17) is 0 Å². The minimum atomic E-state index is 0.291. The molecule has 1 aromatic heterocycles. The summed E-state index contributed by atoms with van der Waals surface area (Å²) in [7, 11) is 0. The molecule has 4 aromatic rings. The predicted molar refractivity (Wildman–Crippen MR) is 95.1 cm³/mol. The largest absolute Gasteiger partial charge is 0.508 e. The highest BCUT2D eigenvalue weighted by Gasteiger charge is 2.04. The van der Waals surface area contributed by atoms with E-state index in [0.717, 1.165) is 16.8 Å². The van der Waals surface area contributed by atoms with Crippen molar-refractivity contribution < 1.29 is 5.11 Å². The van der Waals surface area contributed by atoms with Gasteiger partial charge in [0, 0.05) is 17.3 Å². The summed E-state index contributed by atoms with van der Waals surface area (Å²) in [6.45, 7) is 2.11. The van der Waals surface area contributed by atoms with Crippen molar-refractivity contribution in [3.05, 3.63) is 84.6 Å². The van der Waals surface area contributed by atoms with Crippen molar-refractivity contribution in [2.75, 3.05) is 0 Å². The summed E-state index contributed by atoms with van der Waals surface area (Å²) in [5.41, 5.74) is 5.88. The van der Waals surface area contributed by atoms with Gasteiger partial charge in [-0.1, -0.05) is 35.9 Å². The number of aromatic nitrogens is 1. The average Bonchev–Trinajstić information content (AvgIpc) is 2.99. The fraction of sp³-hybridized carbons (Fsp3) is 0.0476. The summed E-state index contributed by atoms with van der Waals surface area (Å²) in [4.78, 5) is 0. The molecule has 1 N–H and O–H groups in total. The molecule has 0 spiro atoms. The molecule has 1 heterocycles. The van der Waals surface area contributed by atoms with Crippen LogP contribution in [-0.2, 0) is 0 Å². The van der Waals surface area contributed by atoms with Crippen LogP contribution in [0.3, 0.4) is 0 Å². The summed E-state index contributed by atoms with van der Waals surface area (Å²) in [5, 5.41) is 10.6. The van der Waals surface area contributed by atoms with Crippen LogP contribution >= 0.6 is 0 Å². The van der Waals surface area contributed by atoms with E-state index in [9.17, 15) is 5.11 Å². The van der Waals surface area contributed by atoms with E-state index in [1.807, 2.05) is 12.1 Å². The highest BCUT2D eigenvalue weighted by molar-refractivity contribution is 5.82. The minimum Gasteiger partial charge on any atom is -0.508 e. The highest BCUT2D eigenvalue weighted by atomic mass is 16.3. The maximum Gasteiger partial charge on any atom is 0.115 e. The van der Waals surface area contributed by atoms with E-state index >= 15 is 0 Å². The van der Waals surface area contributed by atoms with Crippen LogP contribution < -0.4 is 0 Å². The Balaban J connectivity index is 1.73. The minimum absolute atomic E-state index is 0.291. The van der Waals surface area contributed by atoms with Crippen molar-refractivity contribution in [3.8, 4) is 22.6 Å². The molecular weight excluding hydrogens is 282 g/mol. The third-order valence-electron chi connectivity index (χ3n) is 4.19. The first kappa shape index (κ1) is 13.6. The molecule has 0 saturated carbocycles. The molecule has 3 aromatic carbocycles. The van der Waals surface area contributed by atoms with Crippen LogP contribution in [0.15, 0.2) is 79.0 Å². The van der Waals surface area contributed by atoms with E-state index in [0.29, 0.717) is 5.75 Å². The van der Waals surface area contributed by atoms with Crippen LogP contribution in [0.25, 0.3) is 27.7 Å². The first-order valence-electron chi connectivity index (χ1n) is 7.68. The zero-order valence-corrected chi connectivity index (χ0v) is 12.9. The van der Waals surface area contributed by atoms with Crippen LogP contribution in [0.5, 0.6) is 5.75 Å². The van der Waals surface area contributed by atoms with Gasteiger partial charge in [-0.2, -0.15) is 0 Å². The van der Waals surface area contributed by atoms with Gasteiger partial charge in [-0.05, 0) is 60.5 Å². The Hall–Kier alpha value is -3.00. The predicted octanol–water partition coefficient (Wildman–Crippen LogP) is 5.31. The third-order valence-corrected chi connectivity index (χ3v) is 4.19. The molecule has 0 aliphatic rings. The number of aryl methyl sites for hydroxylation is 1. The van der Waals surface area contributed by atoms with Crippen LogP contribution in [0, 0.1) is 6.92 Å². The lowest BCUT2D eigenvalue weighted by molar-refractivity contribution is 0.475. The molecule has 0 amide bonds. The third kappa shape index (κ3) is 2.49. The Morgan fingerprint density at radius 2 is 1.39 bits per heavy atom. The summed E-state index contributed by atoms with van der Waals surface area (Å²) in [6, 6.07) is 24.4. The molecule has 0 fully saturated rings. The normalized spacial score (nSPS) is 11.0. The smallest absolute Gasteiger partial charge is 0.115 e. The van der Waals surface area contributed by atoms with Crippen LogP contribution in [0.2, 0.25) is 0 Å². The molecule has 23 heavy (non-hydrogen) atoms. The molecule has 0 saturated heterocycles. The van der Waals surface area contributed by atoms with Crippen LogP contribution in [0.1, 0.15) is 5.56 Å². The highest BCUT2D eigenvalue weighted by Crippen LogP contribution is 2.25. The average molecular weight is 299 g/mol. The Morgan fingerprint density at radius 1 is 0.739 bits per heavy atom. The molecule has 0 radical (unpaired) electrons. The van der Waals surface area contributed by atoms with E-state index in [1.54, 1.807) is 12.1 Å². The molecule has 0 bridgehead atoms. The molecule has 0 aliphatic carbocycles. The summed E-state index contributed by atoms with van der Waals surface area (Å²) < 4.78 is 2.20. The summed E-state index contributed by atoms with van der Waals surface area (Å²) >= 11 is 0. The van der Waals surface area contributed by atoms with Gasteiger partial charge in [0.2, 0.25) is 0 Å². The molecule has 0 unspecified atom stereocenters. The van der Waals surface area contributed by atoms with Crippen molar-refractivity contribution >= 4 is 10.9 Å². The molecule has 2 heteroatoms. The van der Waals surface area contributed by atoms with E-state index in [-0.39, 0.29) is 0 Å². The number of phenols is 1. The monoisotopic (exact) mass is 299 g/mol. The number of aromatic hydroxyl groups is 1. The topological polar surface area (TPSA) is 25.2 Å². The van der Waals surface area contributed by atoms with Gasteiger partial charge in [0.1, 0.15) is 5.75 Å². The number of phenolic OH excluding ortho intramolecular Hbond substituents is 1. The van der Waals surface area contributed by atoms with Crippen LogP contribution in [-0.4, -0.2) is 9.67 Å². The van der Waals surface area contributed by atoms with Gasteiger partial charge in [-0.3, -0.25) is 0 Å². The molecule has 2 nitrogen and oxygen atoms in total. The van der Waals surface area contributed by atoms with E-state index in [1.165, 1.54) is 16.5 Å². The lowest BCUT2D eigenvalue weighted by atomic mass is 10.1. The number of hydrogen-bond acceptors (Lipinski definition) is 1. The van der Waals surface area contributed by atoms with E-state index in [2.05, 4.69) is 66.2 Å². The fourth-order valence-corrected chi connectivity index (χ4v) is 2.96. The quantitative estimate of drug-likeness (QED) is 0.533. The lowest BCUT2D eigenvalue weighted by Gasteiger charge is -2.08. The second-order valence-corrected chi connectivity index (χ2v) is 5.84. The number of fused-ring (bicyclic) bond motifs is 1. The molecular formula is C21H17NO. The molecule has 112 valence electrons. The zero-order chi connectivity index (χ0) is 15.8. The Labute approximate surface area is 135 Å². The fourth-order valence-electron chi connectivity index (χ4n) is 2.96. The van der Waals surface area contributed by atoms with Gasteiger partial charge in [0.05, 0.1) is 5.52 Å². The van der Waals surface area contributed by atoms with Gasteiger partial charge < -0.3 is 9.67 Å². The van der Waals surface area contributed by atoms with Crippen LogP contribution in [0.4, 0.5) is 0 Å². The second-order valence-electron chi connectivity index (χ2n) is 5.84. The maximum absolute atomic E-state index is 9.39. The SMILES string of the molecule is Cc1ccc2c(ccn2-c2ccc(-c3ccc(O)cc3)cc2)c1. The Kier molecular flexibility index (Phi) is 3.16. The Bertz CT molecular complexity index is 963. The van der Waals surface area contributed by atoms with Crippen molar-refractivity contribution in [1.82, 2.24) is 4.57 Å². The van der Waals surface area contributed by atoms with Crippen molar-refractivity contribution in [3.63, 3.8) is 0 Å². The van der Waals surface area contributed by atoms with E-state index < -0.39 is 0 Å². The van der Waals surface area contributed by atoms with Crippen molar-refractivity contribution in [2.45, 2.75) is 6.92 Å². The maximum atomic E-state index is 9.39. The standard InChI is InChI=1S/C21H17NO/c1-15-2-11-21-18(14-15)12-13-22(21)19-7-3-16(4-8-19)17-5-9-20(23)10-6-17/h2-14,23H,1H3. The van der Waals surface area contributed by atoms with Gasteiger partial charge in [0.25, 0.3) is 0 Å². The van der Waals surface area contributed by atoms with Crippen molar-refractivity contribution in [1.29, 1.82) is 0 Å². The number of rotatable bonds is 2. The van der Waals surface area contributed by atoms with Gasteiger partial charge >= 0.3 is 0 Å². The summed E-state index contributed by atoms with van der Waals surface area (Å²) in [5.74, 6) is 0.291. The number of nitrogens with zero attached hydrogens (tertiary/aromatic N) is 1. The number of hydrogen-bond donors (Lipinski definition) is 1. The summed E-state index contributed by atoms with van der Waals surface area (Å²) in [6.07, 6.45) is 2.11.